The van der Waals surface area contributed by atoms with E-state index in [4.69, 9.17) is 0 Å². The van der Waals surface area contributed by atoms with Gasteiger partial charge in [0.2, 0.25) is 0 Å². The summed E-state index contributed by atoms with van der Waals surface area (Å²) in [6.07, 6.45) is 2.30. The third kappa shape index (κ3) is 5.04. The summed E-state index contributed by atoms with van der Waals surface area (Å²) in [7, 11) is -3.66. The van der Waals surface area contributed by atoms with Crippen LogP contribution >= 0.6 is 0 Å². The predicted octanol–water partition coefficient (Wildman–Crippen LogP) is 4.20. The van der Waals surface area contributed by atoms with Crippen LogP contribution in [0.4, 0.5) is 15.9 Å². The highest BCUT2D eigenvalue weighted by atomic mass is 32.2. The van der Waals surface area contributed by atoms with Crippen molar-refractivity contribution in [2.24, 2.45) is 0 Å². The fourth-order valence-corrected chi connectivity index (χ4v) is 3.52. The molecule has 2 N–H and O–H groups in total. The molecule has 0 fully saturated rings. The van der Waals surface area contributed by atoms with E-state index in [2.05, 4.69) is 15.0 Å². The quantitative estimate of drug-likeness (QED) is 0.640. The van der Waals surface area contributed by atoms with Crippen LogP contribution < -0.4 is 10.0 Å². The highest BCUT2D eigenvalue weighted by Crippen LogP contribution is 2.18. The molecule has 0 aliphatic carbocycles. The average molecular weight is 385 g/mol. The minimum Gasteiger partial charge on any atom is -0.366 e. The second-order valence-electron chi connectivity index (χ2n) is 6.02. The van der Waals surface area contributed by atoms with E-state index in [1.54, 1.807) is 48.5 Å². The van der Waals surface area contributed by atoms with Gasteiger partial charge >= 0.3 is 0 Å². The molecular weight excluding hydrogens is 365 g/mol. The Morgan fingerprint density at radius 3 is 2.19 bits per heavy atom. The Morgan fingerprint density at radius 1 is 0.926 bits per heavy atom. The van der Waals surface area contributed by atoms with Gasteiger partial charge in [-0.15, -0.1) is 0 Å². The number of halogens is 1. The lowest BCUT2D eigenvalue weighted by Crippen LogP contribution is -2.13. The molecule has 0 unspecified atom stereocenters. The van der Waals surface area contributed by atoms with Gasteiger partial charge in [0.05, 0.1) is 16.8 Å². The Morgan fingerprint density at radius 2 is 1.59 bits per heavy atom. The Labute approximate surface area is 158 Å². The molecule has 1 aromatic heterocycles. The summed E-state index contributed by atoms with van der Waals surface area (Å²) in [6, 6.07) is 16.3. The molecule has 2 aromatic carbocycles. The number of benzene rings is 2. The molecule has 0 radical (unpaired) electrons. The van der Waals surface area contributed by atoms with Gasteiger partial charge in [0.25, 0.3) is 10.0 Å². The van der Waals surface area contributed by atoms with E-state index in [0.717, 1.165) is 17.5 Å². The van der Waals surface area contributed by atoms with Crippen LogP contribution in [0.3, 0.4) is 0 Å². The van der Waals surface area contributed by atoms with E-state index in [0.29, 0.717) is 18.1 Å². The number of nitrogens with one attached hydrogen (secondary N) is 2. The van der Waals surface area contributed by atoms with Crippen LogP contribution in [0.25, 0.3) is 0 Å². The third-order valence-corrected chi connectivity index (χ3v) is 5.44. The second kappa shape index (κ2) is 8.18. The number of nitrogens with zero attached hydrogens (tertiary/aromatic N) is 1. The van der Waals surface area contributed by atoms with Crippen LogP contribution in [0, 0.1) is 5.82 Å². The van der Waals surface area contributed by atoms with Crippen LogP contribution in [-0.4, -0.2) is 13.4 Å². The van der Waals surface area contributed by atoms with Crippen molar-refractivity contribution in [2.75, 3.05) is 10.0 Å². The van der Waals surface area contributed by atoms with Crippen LogP contribution in [-0.2, 0) is 23.0 Å². The third-order valence-electron chi connectivity index (χ3n) is 4.04. The van der Waals surface area contributed by atoms with Crippen molar-refractivity contribution >= 4 is 21.5 Å². The Hall–Kier alpha value is -2.93. The summed E-state index contributed by atoms with van der Waals surface area (Å²) in [6.45, 7) is 2.50. The molecule has 3 aromatic rings. The first-order valence-electron chi connectivity index (χ1n) is 8.52. The van der Waals surface area contributed by atoms with E-state index in [-0.39, 0.29) is 10.7 Å². The molecule has 0 amide bonds. The van der Waals surface area contributed by atoms with Gasteiger partial charge in [0, 0.05) is 6.54 Å². The van der Waals surface area contributed by atoms with Crippen molar-refractivity contribution in [3.8, 4) is 0 Å². The number of aryl methyl sites for hydroxylation is 1. The first-order valence-corrected chi connectivity index (χ1v) is 10.0. The van der Waals surface area contributed by atoms with Gasteiger partial charge in [-0.1, -0.05) is 31.2 Å². The summed E-state index contributed by atoms with van der Waals surface area (Å²) in [5.74, 6) is 0.312. The largest absolute Gasteiger partial charge is 0.366 e. The van der Waals surface area contributed by atoms with Gasteiger partial charge in [-0.25, -0.2) is 17.8 Å². The summed E-state index contributed by atoms with van der Waals surface area (Å²) >= 11 is 0. The van der Waals surface area contributed by atoms with Crippen LogP contribution in [0.5, 0.6) is 0 Å². The molecular formula is C20H20FN3O2S. The number of aromatic nitrogens is 1. The molecule has 7 heteroatoms. The fourth-order valence-electron chi connectivity index (χ4n) is 2.47. The molecule has 3 rings (SSSR count). The van der Waals surface area contributed by atoms with Crippen LogP contribution in [0.1, 0.15) is 18.1 Å². The number of hydrogen-bond acceptors (Lipinski definition) is 4. The van der Waals surface area contributed by atoms with Gasteiger partial charge < -0.3 is 5.32 Å². The minimum atomic E-state index is -3.66. The Bertz CT molecular complexity index is 987. The summed E-state index contributed by atoms with van der Waals surface area (Å²) < 4.78 is 40.3. The van der Waals surface area contributed by atoms with Gasteiger partial charge in [-0.3, -0.25) is 4.72 Å². The molecule has 0 atom stereocenters. The molecule has 0 aliphatic heterocycles. The molecule has 0 saturated carbocycles. The van der Waals surface area contributed by atoms with E-state index in [1.807, 2.05) is 6.92 Å². The molecule has 0 spiro atoms. The van der Waals surface area contributed by atoms with Crippen LogP contribution in [0.15, 0.2) is 71.8 Å². The van der Waals surface area contributed by atoms with Crippen molar-refractivity contribution in [2.45, 2.75) is 24.8 Å². The molecule has 140 valence electrons. The monoisotopic (exact) mass is 385 g/mol. The molecule has 5 nitrogen and oxygen atoms in total. The molecule has 27 heavy (non-hydrogen) atoms. The molecule has 0 aliphatic rings. The normalized spacial score (nSPS) is 11.2. The zero-order chi connectivity index (χ0) is 19.3. The SMILES string of the molecule is CCc1ccc(S(=O)(=O)Nc2ccc(NCc3ccc(F)cc3)nc2)cc1. The second-order valence-corrected chi connectivity index (χ2v) is 7.70. The smallest absolute Gasteiger partial charge is 0.261 e. The first kappa shape index (κ1) is 18.8. The van der Waals surface area contributed by atoms with Crippen molar-refractivity contribution in [1.29, 1.82) is 0 Å². The van der Waals surface area contributed by atoms with Gasteiger partial charge in [-0.05, 0) is 53.9 Å². The van der Waals surface area contributed by atoms with Crippen molar-refractivity contribution in [1.82, 2.24) is 4.98 Å². The van der Waals surface area contributed by atoms with Gasteiger partial charge in [0.1, 0.15) is 11.6 Å². The molecule has 1 heterocycles. The average Bonchev–Trinajstić information content (AvgIpc) is 2.68. The van der Waals surface area contributed by atoms with Crippen molar-refractivity contribution < 1.29 is 12.8 Å². The first-order chi connectivity index (χ1) is 13.0. The lowest BCUT2D eigenvalue weighted by Gasteiger charge is -2.10. The lowest BCUT2D eigenvalue weighted by atomic mass is 10.2. The zero-order valence-corrected chi connectivity index (χ0v) is 15.6. The Balaban J connectivity index is 1.63. The van der Waals surface area contributed by atoms with E-state index >= 15 is 0 Å². The summed E-state index contributed by atoms with van der Waals surface area (Å²) in [5.41, 5.74) is 2.37. The maximum Gasteiger partial charge on any atom is 0.261 e. The minimum absolute atomic E-state index is 0.207. The summed E-state index contributed by atoms with van der Waals surface area (Å²) in [5, 5.41) is 3.10. The maximum atomic E-state index is 12.9. The molecule has 0 saturated heterocycles. The number of anilines is 2. The maximum absolute atomic E-state index is 12.9. The number of pyridine rings is 1. The van der Waals surface area contributed by atoms with Crippen molar-refractivity contribution in [3.05, 3.63) is 83.8 Å². The van der Waals surface area contributed by atoms with Gasteiger partial charge in [-0.2, -0.15) is 0 Å². The van der Waals surface area contributed by atoms with E-state index in [9.17, 15) is 12.8 Å². The Kier molecular flexibility index (Phi) is 5.71. The topological polar surface area (TPSA) is 71.1 Å². The number of hydrogen-bond donors (Lipinski definition) is 2. The number of sulfonamides is 1. The van der Waals surface area contributed by atoms with Crippen LogP contribution in [0.2, 0.25) is 0 Å². The zero-order valence-electron chi connectivity index (χ0n) is 14.8. The standard InChI is InChI=1S/C20H20FN3O2S/c1-2-15-5-10-19(11-6-15)27(25,26)24-18-9-12-20(23-14-18)22-13-16-3-7-17(21)8-4-16/h3-12,14,24H,2,13H2,1H3,(H,22,23). The molecule has 0 bridgehead atoms. The predicted molar refractivity (Wildman–Crippen MR) is 105 cm³/mol. The number of rotatable bonds is 7. The lowest BCUT2D eigenvalue weighted by molar-refractivity contribution is 0.601. The highest BCUT2D eigenvalue weighted by Gasteiger charge is 2.14. The van der Waals surface area contributed by atoms with E-state index in [1.165, 1.54) is 18.3 Å². The van der Waals surface area contributed by atoms with E-state index < -0.39 is 10.0 Å². The highest BCUT2D eigenvalue weighted by molar-refractivity contribution is 7.92. The van der Waals surface area contributed by atoms with Crippen molar-refractivity contribution in [3.63, 3.8) is 0 Å². The fraction of sp³-hybridized carbons (Fsp3) is 0.150. The van der Waals surface area contributed by atoms with Gasteiger partial charge in [0.15, 0.2) is 0 Å². The summed E-state index contributed by atoms with van der Waals surface area (Å²) in [4.78, 5) is 4.41.